The number of nitrogens with one attached hydrogen (secondary N) is 2. The van der Waals surface area contributed by atoms with Crippen LogP contribution in [0.1, 0.15) is 6.92 Å². The zero-order valence-electron chi connectivity index (χ0n) is 10.9. The maximum atomic E-state index is 5.61. The molecule has 0 saturated carbocycles. The van der Waals surface area contributed by atoms with Crippen LogP contribution in [0.25, 0.3) is 0 Å². The van der Waals surface area contributed by atoms with Crippen LogP contribution in [0.3, 0.4) is 0 Å². The Balaban J connectivity index is 2.32. The first kappa shape index (κ1) is 14.5. The molecule has 0 aliphatic heterocycles. The van der Waals surface area contributed by atoms with Gasteiger partial charge in [-0.15, -0.1) is 0 Å². The summed E-state index contributed by atoms with van der Waals surface area (Å²) in [6.45, 7) is 5.22. The van der Waals surface area contributed by atoms with E-state index < -0.39 is 0 Å². The fraction of sp³-hybridized carbons (Fsp3) is 0.636. The number of nitrogens with two attached hydrogens (primary N) is 1. The Morgan fingerprint density at radius 1 is 1.17 bits per heavy atom. The summed E-state index contributed by atoms with van der Waals surface area (Å²) >= 11 is 0. The fourth-order valence-corrected chi connectivity index (χ4v) is 1.32. The van der Waals surface area contributed by atoms with Gasteiger partial charge in [0.25, 0.3) is 0 Å². The van der Waals surface area contributed by atoms with Crippen LogP contribution in [-0.4, -0.2) is 50.0 Å². The van der Waals surface area contributed by atoms with Gasteiger partial charge in [0.15, 0.2) is 0 Å². The predicted octanol–water partition coefficient (Wildman–Crippen LogP) is 0.566. The van der Waals surface area contributed by atoms with Crippen LogP contribution in [-0.2, 0) is 9.47 Å². The van der Waals surface area contributed by atoms with Crippen molar-refractivity contribution in [2.45, 2.75) is 6.92 Å². The minimum absolute atomic E-state index is 0.247. The molecule has 102 valence electrons. The molecule has 1 aromatic heterocycles. The largest absolute Gasteiger partial charge is 0.382 e. The second-order valence-electron chi connectivity index (χ2n) is 3.56. The molecule has 7 nitrogen and oxygen atoms in total. The molecule has 0 amide bonds. The molecule has 0 bridgehead atoms. The number of anilines is 3. The van der Waals surface area contributed by atoms with E-state index in [9.17, 15) is 0 Å². The summed E-state index contributed by atoms with van der Waals surface area (Å²) in [5, 5.41) is 6.21. The predicted molar refractivity (Wildman–Crippen MR) is 71.8 cm³/mol. The Labute approximate surface area is 107 Å². The number of nitrogen functional groups attached to an aromatic ring is 1. The highest BCUT2D eigenvalue weighted by Crippen LogP contribution is 2.11. The molecule has 0 unspecified atom stereocenters. The number of hydrogen-bond donors (Lipinski definition) is 3. The molecule has 4 N–H and O–H groups in total. The molecule has 0 aromatic carbocycles. The first-order valence-corrected chi connectivity index (χ1v) is 5.95. The summed E-state index contributed by atoms with van der Waals surface area (Å²) in [7, 11) is 1.65. The summed E-state index contributed by atoms with van der Waals surface area (Å²) in [5.41, 5.74) is 5.61. The summed E-state index contributed by atoms with van der Waals surface area (Å²) in [4.78, 5) is 8.15. The van der Waals surface area contributed by atoms with Crippen LogP contribution in [0.5, 0.6) is 0 Å². The summed E-state index contributed by atoms with van der Waals surface area (Å²) in [5.74, 6) is 1.65. The van der Waals surface area contributed by atoms with Crippen molar-refractivity contribution in [3.05, 3.63) is 6.07 Å². The van der Waals surface area contributed by atoms with Gasteiger partial charge in [-0.25, -0.2) is 0 Å². The molecule has 1 aromatic rings. The topological polar surface area (TPSA) is 94.3 Å². The minimum atomic E-state index is 0.247. The molecule has 18 heavy (non-hydrogen) atoms. The van der Waals surface area contributed by atoms with Crippen molar-refractivity contribution in [3.63, 3.8) is 0 Å². The maximum Gasteiger partial charge on any atom is 0.223 e. The molecule has 7 heteroatoms. The number of ether oxygens (including phenoxy) is 2. The van der Waals surface area contributed by atoms with Gasteiger partial charge in [-0.1, -0.05) is 0 Å². The van der Waals surface area contributed by atoms with E-state index >= 15 is 0 Å². The van der Waals surface area contributed by atoms with Gasteiger partial charge >= 0.3 is 0 Å². The standard InChI is InChI=1S/C11H21N5O2/c1-3-13-9-8-10(16-11(12)15-9)14-4-5-18-7-6-17-2/h8H,3-7H2,1-2H3,(H4,12,13,14,15,16). The first-order valence-electron chi connectivity index (χ1n) is 5.95. The quantitative estimate of drug-likeness (QED) is 0.555. The number of hydrogen-bond acceptors (Lipinski definition) is 7. The fourth-order valence-electron chi connectivity index (χ4n) is 1.32. The van der Waals surface area contributed by atoms with Gasteiger partial charge in [0.1, 0.15) is 11.6 Å². The molecule has 1 heterocycles. The van der Waals surface area contributed by atoms with E-state index in [1.165, 1.54) is 0 Å². The molecule has 0 aliphatic rings. The van der Waals surface area contributed by atoms with E-state index in [2.05, 4.69) is 20.6 Å². The van der Waals surface area contributed by atoms with Crippen molar-refractivity contribution in [2.24, 2.45) is 0 Å². The van der Waals surface area contributed by atoms with Crippen LogP contribution >= 0.6 is 0 Å². The Morgan fingerprint density at radius 3 is 2.56 bits per heavy atom. The molecule has 0 spiro atoms. The van der Waals surface area contributed by atoms with Crippen molar-refractivity contribution in [3.8, 4) is 0 Å². The molecule has 0 radical (unpaired) electrons. The monoisotopic (exact) mass is 255 g/mol. The third-order valence-electron chi connectivity index (χ3n) is 2.09. The lowest BCUT2D eigenvalue weighted by Crippen LogP contribution is -2.14. The molecule has 0 aliphatic carbocycles. The van der Waals surface area contributed by atoms with Crippen LogP contribution in [0.15, 0.2) is 6.07 Å². The summed E-state index contributed by atoms with van der Waals surface area (Å²) in [6, 6.07) is 1.81. The summed E-state index contributed by atoms with van der Waals surface area (Å²) in [6.07, 6.45) is 0. The van der Waals surface area contributed by atoms with Crippen molar-refractivity contribution in [1.82, 2.24) is 9.97 Å². The van der Waals surface area contributed by atoms with Crippen LogP contribution < -0.4 is 16.4 Å². The average Bonchev–Trinajstić information content (AvgIpc) is 2.33. The van der Waals surface area contributed by atoms with E-state index in [0.29, 0.717) is 38.0 Å². The van der Waals surface area contributed by atoms with E-state index in [4.69, 9.17) is 15.2 Å². The Bertz CT molecular complexity index is 348. The van der Waals surface area contributed by atoms with E-state index in [-0.39, 0.29) is 5.95 Å². The lowest BCUT2D eigenvalue weighted by molar-refractivity contribution is 0.0759. The van der Waals surface area contributed by atoms with Gasteiger partial charge in [-0.3, -0.25) is 0 Å². The molecular weight excluding hydrogens is 234 g/mol. The number of rotatable bonds is 9. The molecule has 0 saturated heterocycles. The van der Waals surface area contributed by atoms with E-state index in [1.807, 2.05) is 13.0 Å². The van der Waals surface area contributed by atoms with Crippen molar-refractivity contribution in [1.29, 1.82) is 0 Å². The number of nitrogens with zero attached hydrogens (tertiary/aromatic N) is 2. The normalized spacial score (nSPS) is 10.3. The van der Waals surface area contributed by atoms with Crippen molar-refractivity contribution in [2.75, 3.05) is 56.4 Å². The molecule has 0 fully saturated rings. The number of methoxy groups -OCH3 is 1. The highest BCUT2D eigenvalue weighted by Gasteiger charge is 2.00. The second kappa shape index (κ2) is 8.48. The van der Waals surface area contributed by atoms with Crippen molar-refractivity contribution >= 4 is 17.6 Å². The van der Waals surface area contributed by atoms with Crippen LogP contribution in [0, 0.1) is 0 Å². The highest BCUT2D eigenvalue weighted by molar-refractivity contribution is 5.50. The van der Waals surface area contributed by atoms with Crippen molar-refractivity contribution < 1.29 is 9.47 Å². The van der Waals surface area contributed by atoms with Gasteiger partial charge in [0.2, 0.25) is 5.95 Å². The first-order chi connectivity index (χ1) is 8.76. The molecular formula is C11H21N5O2. The number of aromatic nitrogens is 2. The van der Waals surface area contributed by atoms with Gasteiger partial charge in [0, 0.05) is 26.3 Å². The Morgan fingerprint density at radius 2 is 1.89 bits per heavy atom. The lowest BCUT2D eigenvalue weighted by Gasteiger charge is -2.09. The van der Waals surface area contributed by atoms with Crippen LogP contribution in [0.2, 0.25) is 0 Å². The second-order valence-corrected chi connectivity index (χ2v) is 3.56. The minimum Gasteiger partial charge on any atom is -0.382 e. The SMILES string of the molecule is CCNc1cc(NCCOCCOC)nc(N)n1. The molecule has 1 rings (SSSR count). The average molecular weight is 255 g/mol. The Hall–Kier alpha value is -1.60. The molecule has 0 atom stereocenters. The Kier molecular flexibility index (Phi) is 6.82. The van der Waals surface area contributed by atoms with Gasteiger partial charge in [-0.05, 0) is 6.92 Å². The van der Waals surface area contributed by atoms with Gasteiger partial charge in [-0.2, -0.15) is 9.97 Å². The third-order valence-corrected chi connectivity index (χ3v) is 2.09. The zero-order chi connectivity index (χ0) is 13.2. The summed E-state index contributed by atoms with van der Waals surface area (Å²) < 4.78 is 10.2. The smallest absolute Gasteiger partial charge is 0.223 e. The van der Waals surface area contributed by atoms with E-state index in [1.54, 1.807) is 7.11 Å². The lowest BCUT2D eigenvalue weighted by atomic mass is 10.5. The van der Waals surface area contributed by atoms with Gasteiger partial charge < -0.3 is 25.8 Å². The highest BCUT2D eigenvalue weighted by atomic mass is 16.5. The van der Waals surface area contributed by atoms with Crippen LogP contribution in [0.4, 0.5) is 17.6 Å². The maximum absolute atomic E-state index is 5.61. The zero-order valence-corrected chi connectivity index (χ0v) is 10.9. The van der Waals surface area contributed by atoms with E-state index in [0.717, 1.165) is 6.54 Å². The third kappa shape index (κ3) is 5.65. The van der Waals surface area contributed by atoms with Gasteiger partial charge in [0.05, 0.1) is 19.8 Å².